The highest BCUT2D eigenvalue weighted by Crippen LogP contribution is 2.37. The van der Waals surface area contributed by atoms with E-state index < -0.39 is 15.9 Å². The van der Waals surface area contributed by atoms with E-state index in [0.717, 1.165) is 10.6 Å². The molecule has 39 heavy (non-hydrogen) atoms. The molecule has 4 rings (SSSR count). The molecule has 4 aromatic rings. The third-order valence-electron chi connectivity index (χ3n) is 5.75. The number of para-hydroxylation sites is 1. The molecule has 1 N–H and O–H groups in total. The number of halogens is 1. The smallest absolute Gasteiger partial charge is 0.257 e. The number of hydrogen-bond acceptors (Lipinski definition) is 6. The van der Waals surface area contributed by atoms with Gasteiger partial charge in [0.25, 0.3) is 5.91 Å². The number of methoxy groups -OCH3 is 2. The summed E-state index contributed by atoms with van der Waals surface area (Å²) in [7, 11) is -0.955. The summed E-state index contributed by atoms with van der Waals surface area (Å²) >= 11 is 6.00. The zero-order valence-electron chi connectivity index (χ0n) is 21.6. The van der Waals surface area contributed by atoms with Crippen LogP contribution in [0.25, 0.3) is 0 Å². The quantitative estimate of drug-likeness (QED) is 0.240. The molecule has 0 fully saturated rings. The fourth-order valence-corrected chi connectivity index (χ4v) is 4.84. The second-order valence-corrected chi connectivity index (χ2v) is 10.9. The van der Waals surface area contributed by atoms with E-state index in [0.29, 0.717) is 27.8 Å². The topological polar surface area (TPSA) is 94.2 Å². The lowest BCUT2D eigenvalue weighted by atomic mass is 10.1. The van der Waals surface area contributed by atoms with Crippen LogP contribution in [0.5, 0.6) is 23.0 Å². The number of ether oxygens (including phenoxy) is 3. The minimum absolute atomic E-state index is 0.0305. The second-order valence-electron chi connectivity index (χ2n) is 8.51. The van der Waals surface area contributed by atoms with Gasteiger partial charge in [0, 0.05) is 16.8 Å². The first-order chi connectivity index (χ1) is 18.7. The number of carbonyl (C=O) groups excluding carboxylic acids is 1. The van der Waals surface area contributed by atoms with Crippen LogP contribution in [0.3, 0.4) is 0 Å². The van der Waals surface area contributed by atoms with Gasteiger partial charge >= 0.3 is 0 Å². The number of carbonyl (C=O) groups is 1. The molecule has 0 bridgehead atoms. The van der Waals surface area contributed by atoms with Crippen LogP contribution in [0, 0.1) is 0 Å². The van der Waals surface area contributed by atoms with E-state index in [2.05, 4.69) is 5.32 Å². The van der Waals surface area contributed by atoms with Gasteiger partial charge in [0.05, 0.1) is 38.3 Å². The van der Waals surface area contributed by atoms with E-state index in [4.69, 9.17) is 25.8 Å². The Morgan fingerprint density at radius 2 is 1.44 bits per heavy atom. The second kappa shape index (κ2) is 12.1. The molecule has 0 heterocycles. The van der Waals surface area contributed by atoms with Crippen molar-refractivity contribution in [2.45, 2.75) is 6.54 Å². The number of nitrogens with zero attached hydrogens (tertiary/aromatic N) is 1. The highest BCUT2D eigenvalue weighted by Gasteiger charge is 2.27. The van der Waals surface area contributed by atoms with E-state index in [1.165, 1.54) is 26.4 Å². The molecule has 0 atom stereocenters. The first-order valence-electron chi connectivity index (χ1n) is 11.8. The molecule has 1 amide bonds. The minimum atomic E-state index is -3.83. The van der Waals surface area contributed by atoms with Crippen LogP contribution in [0.4, 0.5) is 11.4 Å². The SMILES string of the molecule is COc1cc(C(=O)Nc2ccc(Oc3ccccc3)cc2)c(N(Cc2ccc(Cl)cc2)S(C)(=O)=O)cc1OC. The van der Waals surface area contributed by atoms with E-state index >= 15 is 0 Å². The summed E-state index contributed by atoms with van der Waals surface area (Å²) in [5.74, 6) is 1.30. The van der Waals surface area contributed by atoms with Crippen LogP contribution < -0.4 is 23.8 Å². The fraction of sp³-hybridized carbons (Fsp3) is 0.138. The van der Waals surface area contributed by atoms with Gasteiger partial charge in [-0.15, -0.1) is 0 Å². The average Bonchev–Trinajstić information content (AvgIpc) is 2.93. The Bertz CT molecular complexity index is 1540. The Balaban J connectivity index is 1.67. The third kappa shape index (κ3) is 7.01. The first kappa shape index (κ1) is 27.8. The molecule has 202 valence electrons. The fourth-order valence-electron chi connectivity index (χ4n) is 3.82. The standard InChI is InChI=1S/C29H27ClN2O6S/c1-36-27-17-25(29(33)31-22-13-15-24(16-14-22)38-23-7-5-4-6-8-23)26(18-28(27)37-2)32(39(3,34)35)19-20-9-11-21(30)12-10-20/h4-18H,19H2,1-3H3,(H,31,33). The highest BCUT2D eigenvalue weighted by molar-refractivity contribution is 7.92. The van der Waals surface area contributed by atoms with Gasteiger partial charge in [-0.1, -0.05) is 41.9 Å². The normalized spacial score (nSPS) is 11.0. The van der Waals surface area contributed by atoms with Crippen LogP contribution in [0.1, 0.15) is 15.9 Å². The molecule has 0 aliphatic rings. The predicted octanol–water partition coefficient (Wildman–Crippen LogP) is 6.37. The summed E-state index contributed by atoms with van der Waals surface area (Å²) in [6, 6.07) is 25.9. The molecule has 0 radical (unpaired) electrons. The molecule has 10 heteroatoms. The van der Waals surface area contributed by atoms with Crippen LogP contribution in [-0.4, -0.2) is 34.8 Å². The number of anilines is 2. The summed E-state index contributed by atoms with van der Waals surface area (Å²) in [5, 5.41) is 3.35. The van der Waals surface area contributed by atoms with E-state index in [1.807, 2.05) is 30.3 Å². The van der Waals surface area contributed by atoms with Crippen molar-refractivity contribution in [2.24, 2.45) is 0 Å². The summed E-state index contributed by atoms with van der Waals surface area (Å²) < 4.78 is 43.7. The molecule has 0 saturated carbocycles. The molecule has 0 aliphatic carbocycles. The van der Waals surface area contributed by atoms with Gasteiger partial charge in [0.15, 0.2) is 11.5 Å². The number of amides is 1. The lowest BCUT2D eigenvalue weighted by molar-refractivity contribution is 0.102. The number of sulfonamides is 1. The van der Waals surface area contributed by atoms with Crippen molar-refractivity contribution in [3.63, 3.8) is 0 Å². The monoisotopic (exact) mass is 566 g/mol. The number of hydrogen-bond donors (Lipinski definition) is 1. The number of benzene rings is 4. The zero-order chi connectivity index (χ0) is 28.0. The van der Waals surface area contributed by atoms with E-state index in [9.17, 15) is 13.2 Å². The minimum Gasteiger partial charge on any atom is -0.493 e. The molecule has 4 aromatic carbocycles. The van der Waals surface area contributed by atoms with Crippen molar-refractivity contribution < 1.29 is 27.4 Å². The van der Waals surface area contributed by atoms with Crippen LogP contribution in [-0.2, 0) is 16.6 Å². The maximum Gasteiger partial charge on any atom is 0.257 e. The maximum atomic E-state index is 13.5. The Morgan fingerprint density at radius 3 is 2.03 bits per heavy atom. The average molecular weight is 567 g/mol. The largest absolute Gasteiger partial charge is 0.493 e. The van der Waals surface area contributed by atoms with Gasteiger partial charge < -0.3 is 19.5 Å². The zero-order valence-corrected chi connectivity index (χ0v) is 23.1. The van der Waals surface area contributed by atoms with Gasteiger partial charge in [0.2, 0.25) is 10.0 Å². The molecule has 0 aliphatic heterocycles. The van der Waals surface area contributed by atoms with E-state index in [1.54, 1.807) is 48.5 Å². The maximum absolute atomic E-state index is 13.5. The molecule has 8 nitrogen and oxygen atoms in total. The number of nitrogens with one attached hydrogen (secondary N) is 1. The molecule has 0 saturated heterocycles. The molecule has 0 unspecified atom stereocenters. The van der Waals surface area contributed by atoms with Gasteiger partial charge in [-0.3, -0.25) is 9.10 Å². The summed E-state index contributed by atoms with van der Waals surface area (Å²) in [6.07, 6.45) is 1.08. The lowest BCUT2D eigenvalue weighted by Crippen LogP contribution is -2.31. The lowest BCUT2D eigenvalue weighted by Gasteiger charge is -2.26. The predicted molar refractivity (Wildman–Crippen MR) is 153 cm³/mol. The van der Waals surface area contributed by atoms with Crippen LogP contribution >= 0.6 is 11.6 Å². The van der Waals surface area contributed by atoms with Crippen molar-refractivity contribution in [3.05, 3.63) is 107 Å². The van der Waals surface area contributed by atoms with Crippen molar-refractivity contribution in [3.8, 4) is 23.0 Å². The highest BCUT2D eigenvalue weighted by atomic mass is 35.5. The third-order valence-corrected chi connectivity index (χ3v) is 7.12. The Morgan fingerprint density at radius 1 is 0.846 bits per heavy atom. The molecule has 0 aromatic heterocycles. The van der Waals surface area contributed by atoms with Crippen LogP contribution in [0.15, 0.2) is 91.0 Å². The Labute approximate surface area is 232 Å². The summed E-state index contributed by atoms with van der Waals surface area (Å²) in [5.41, 5.74) is 1.38. The number of rotatable bonds is 10. The summed E-state index contributed by atoms with van der Waals surface area (Å²) in [6.45, 7) is -0.0305. The van der Waals surface area contributed by atoms with Gasteiger partial charge in [-0.2, -0.15) is 0 Å². The van der Waals surface area contributed by atoms with Crippen molar-refractivity contribution >= 4 is 38.9 Å². The van der Waals surface area contributed by atoms with Gasteiger partial charge in [0.1, 0.15) is 11.5 Å². The van der Waals surface area contributed by atoms with Gasteiger partial charge in [-0.25, -0.2) is 8.42 Å². The van der Waals surface area contributed by atoms with Crippen molar-refractivity contribution in [1.29, 1.82) is 0 Å². The molecular weight excluding hydrogens is 540 g/mol. The van der Waals surface area contributed by atoms with Crippen molar-refractivity contribution in [1.82, 2.24) is 0 Å². The Kier molecular flexibility index (Phi) is 8.63. The van der Waals surface area contributed by atoms with Gasteiger partial charge in [-0.05, 0) is 60.2 Å². The molecule has 0 spiro atoms. The van der Waals surface area contributed by atoms with E-state index in [-0.39, 0.29) is 29.3 Å². The Hall–Kier alpha value is -4.21. The van der Waals surface area contributed by atoms with Crippen molar-refractivity contribution in [2.75, 3.05) is 30.1 Å². The molecular formula is C29H27ClN2O6S. The summed E-state index contributed by atoms with van der Waals surface area (Å²) in [4.78, 5) is 13.5. The first-order valence-corrected chi connectivity index (χ1v) is 14.0. The van der Waals surface area contributed by atoms with Crippen LogP contribution in [0.2, 0.25) is 5.02 Å².